The van der Waals surface area contributed by atoms with Gasteiger partial charge in [0, 0.05) is 29.0 Å². The first-order valence-electron chi connectivity index (χ1n) is 6.61. The van der Waals surface area contributed by atoms with Crippen molar-refractivity contribution >= 4 is 34.7 Å². The van der Waals surface area contributed by atoms with Crippen molar-refractivity contribution in [3.8, 4) is 5.75 Å². The molecule has 0 aliphatic heterocycles. The Labute approximate surface area is 140 Å². The summed E-state index contributed by atoms with van der Waals surface area (Å²) in [5.74, 6) is 0.852. The van der Waals surface area contributed by atoms with Gasteiger partial charge >= 0.3 is 0 Å². The number of halogens is 2. The van der Waals surface area contributed by atoms with Gasteiger partial charge in [-0.05, 0) is 49.4 Å². The molecule has 2 aromatic carbocycles. The zero-order valence-electron chi connectivity index (χ0n) is 12.3. The monoisotopic (exact) mass is 334 g/mol. The van der Waals surface area contributed by atoms with Crippen molar-refractivity contribution in [3.05, 3.63) is 70.3 Å². The van der Waals surface area contributed by atoms with E-state index in [2.05, 4.69) is 11.6 Å². The van der Waals surface area contributed by atoms with Gasteiger partial charge in [0.05, 0.1) is 5.02 Å². The lowest BCUT2D eigenvalue weighted by Crippen LogP contribution is -2.29. The molecule has 0 bridgehead atoms. The van der Waals surface area contributed by atoms with Crippen molar-refractivity contribution in [1.82, 2.24) is 0 Å². The lowest BCUT2D eigenvalue weighted by atomic mass is 10.1. The predicted octanol–water partition coefficient (Wildman–Crippen LogP) is 5.12. The van der Waals surface area contributed by atoms with Crippen LogP contribution in [0.1, 0.15) is 12.5 Å². The first kappa shape index (κ1) is 16.4. The molecular formula is C17H16Cl2N2O. The third kappa shape index (κ3) is 3.43. The van der Waals surface area contributed by atoms with Gasteiger partial charge in [-0.15, -0.1) is 0 Å². The first-order chi connectivity index (χ1) is 10.4. The Bertz CT molecular complexity index is 724. The molecule has 0 aromatic heterocycles. The number of aliphatic imine (C=N–C) groups is 1. The number of anilines is 1. The van der Waals surface area contributed by atoms with Crippen molar-refractivity contribution in [2.24, 2.45) is 4.99 Å². The number of benzene rings is 2. The molecule has 0 radical (unpaired) electrons. The highest BCUT2D eigenvalue weighted by molar-refractivity contribution is 6.37. The molecule has 5 heteroatoms. The van der Waals surface area contributed by atoms with Crippen LogP contribution in [0.4, 0.5) is 5.69 Å². The van der Waals surface area contributed by atoms with Crippen molar-refractivity contribution in [2.75, 3.05) is 11.9 Å². The molecule has 0 unspecified atom stereocenters. The van der Waals surface area contributed by atoms with Gasteiger partial charge in [-0.1, -0.05) is 29.8 Å². The first-order valence-corrected chi connectivity index (χ1v) is 7.36. The highest BCUT2D eigenvalue weighted by atomic mass is 35.5. The van der Waals surface area contributed by atoms with Crippen molar-refractivity contribution in [1.29, 1.82) is 0 Å². The number of amidine groups is 1. The molecular weight excluding hydrogens is 319 g/mol. The fourth-order valence-electron chi connectivity index (χ4n) is 2.14. The number of phenolic OH excluding ortho intramolecular Hbond substituents is 1. The largest absolute Gasteiger partial charge is 0.508 e. The average molecular weight is 335 g/mol. The summed E-state index contributed by atoms with van der Waals surface area (Å²) in [4.78, 5) is 6.23. The Hall–Kier alpha value is -1.97. The summed E-state index contributed by atoms with van der Waals surface area (Å²) < 4.78 is 0. The number of hydrogen-bond acceptors (Lipinski definition) is 2. The number of nitrogens with zero attached hydrogens (tertiary/aromatic N) is 2. The van der Waals surface area contributed by atoms with Crippen LogP contribution < -0.4 is 4.90 Å². The predicted molar refractivity (Wildman–Crippen MR) is 94.3 cm³/mol. The molecule has 1 N–H and O–H groups in total. The van der Waals surface area contributed by atoms with Gasteiger partial charge in [0.25, 0.3) is 0 Å². The number of aromatic hydroxyl groups is 1. The molecule has 0 aliphatic carbocycles. The molecule has 2 rings (SSSR count). The summed E-state index contributed by atoms with van der Waals surface area (Å²) in [6.45, 7) is 5.89. The zero-order chi connectivity index (χ0) is 16.3. The summed E-state index contributed by atoms with van der Waals surface area (Å²) >= 11 is 12.3. The van der Waals surface area contributed by atoms with E-state index >= 15 is 0 Å². The van der Waals surface area contributed by atoms with Crippen LogP contribution in [0, 0.1) is 0 Å². The van der Waals surface area contributed by atoms with Gasteiger partial charge in [0.2, 0.25) is 0 Å². The quantitative estimate of drug-likeness (QED) is 0.624. The summed E-state index contributed by atoms with van der Waals surface area (Å²) in [7, 11) is 1.69. The Morgan fingerprint density at radius 1 is 1.14 bits per heavy atom. The van der Waals surface area contributed by atoms with E-state index in [4.69, 9.17) is 23.2 Å². The van der Waals surface area contributed by atoms with E-state index in [1.807, 2.05) is 17.9 Å². The van der Waals surface area contributed by atoms with Crippen LogP contribution in [0.15, 0.2) is 59.7 Å². The molecule has 0 atom stereocenters. The second-order valence-corrected chi connectivity index (χ2v) is 5.60. The molecule has 0 saturated heterocycles. The zero-order valence-corrected chi connectivity index (χ0v) is 13.9. The van der Waals surface area contributed by atoms with Crippen molar-refractivity contribution in [2.45, 2.75) is 6.92 Å². The van der Waals surface area contributed by atoms with E-state index < -0.39 is 0 Å². The Morgan fingerprint density at radius 2 is 1.77 bits per heavy atom. The van der Waals surface area contributed by atoms with Crippen LogP contribution in [0.2, 0.25) is 10.0 Å². The van der Waals surface area contributed by atoms with Gasteiger partial charge < -0.3 is 5.11 Å². The molecule has 0 amide bonds. The third-order valence-corrected chi connectivity index (χ3v) is 3.63. The second kappa shape index (κ2) is 6.86. The van der Waals surface area contributed by atoms with Gasteiger partial charge in [-0.3, -0.25) is 9.89 Å². The lowest BCUT2D eigenvalue weighted by molar-refractivity contribution is 0.475. The van der Waals surface area contributed by atoms with Crippen LogP contribution in [-0.2, 0) is 0 Å². The molecule has 0 fully saturated rings. The maximum atomic E-state index is 9.46. The van der Waals surface area contributed by atoms with Crippen molar-refractivity contribution < 1.29 is 5.11 Å². The smallest absolute Gasteiger partial charge is 0.141 e. The molecule has 3 nitrogen and oxygen atoms in total. The van der Waals surface area contributed by atoms with Gasteiger partial charge in [0.1, 0.15) is 11.6 Å². The van der Waals surface area contributed by atoms with Crippen LogP contribution in [-0.4, -0.2) is 18.0 Å². The van der Waals surface area contributed by atoms with Crippen LogP contribution in [0.25, 0.3) is 0 Å². The van der Waals surface area contributed by atoms with E-state index in [1.54, 1.807) is 43.4 Å². The topological polar surface area (TPSA) is 35.8 Å². The molecule has 0 saturated carbocycles. The Balaban J connectivity index is 2.54. The van der Waals surface area contributed by atoms with E-state index in [-0.39, 0.29) is 5.75 Å². The Morgan fingerprint density at radius 3 is 2.27 bits per heavy atom. The summed E-state index contributed by atoms with van der Waals surface area (Å²) in [5, 5.41) is 10.5. The van der Waals surface area contributed by atoms with Crippen molar-refractivity contribution in [3.63, 3.8) is 0 Å². The molecule has 114 valence electrons. The lowest BCUT2D eigenvalue weighted by Gasteiger charge is -2.27. The van der Waals surface area contributed by atoms with Gasteiger partial charge in [-0.25, -0.2) is 0 Å². The second-order valence-electron chi connectivity index (χ2n) is 4.76. The minimum Gasteiger partial charge on any atom is -0.508 e. The van der Waals surface area contributed by atoms with E-state index in [9.17, 15) is 5.11 Å². The highest BCUT2D eigenvalue weighted by Crippen LogP contribution is 2.28. The molecule has 2 aromatic rings. The molecule has 0 spiro atoms. The summed E-state index contributed by atoms with van der Waals surface area (Å²) in [6.07, 6.45) is 0. The van der Waals surface area contributed by atoms with E-state index in [0.717, 1.165) is 16.9 Å². The average Bonchev–Trinajstić information content (AvgIpc) is 2.46. The van der Waals surface area contributed by atoms with Crippen LogP contribution in [0.3, 0.4) is 0 Å². The maximum absolute atomic E-state index is 9.46. The number of hydrogen-bond donors (Lipinski definition) is 1. The minimum absolute atomic E-state index is 0.199. The number of phenols is 1. The molecule has 0 heterocycles. The Kier molecular flexibility index (Phi) is 5.11. The molecule has 0 aliphatic rings. The van der Waals surface area contributed by atoms with Gasteiger partial charge in [-0.2, -0.15) is 0 Å². The summed E-state index contributed by atoms with van der Waals surface area (Å²) in [6, 6.07) is 12.1. The van der Waals surface area contributed by atoms with E-state index in [1.165, 1.54) is 0 Å². The minimum atomic E-state index is 0.199. The van der Waals surface area contributed by atoms with Crippen LogP contribution in [0.5, 0.6) is 5.75 Å². The standard InChI is InChI=1S/C17H16Cl2N2O/c1-11(2)21(13-5-7-14(22)8-6-13)17(20-3)15-9-4-12(18)10-16(15)19/h4-10,22H,1H2,2-3H3. The fourth-order valence-corrected chi connectivity index (χ4v) is 2.63. The van der Waals surface area contributed by atoms with Gasteiger partial charge in [0.15, 0.2) is 0 Å². The SMILES string of the molecule is C=C(C)N(C(=NC)c1ccc(Cl)cc1Cl)c1ccc(O)cc1. The fraction of sp³-hybridized carbons (Fsp3) is 0.118. The van der Waals surface area contributed by atoms with Crippen LogP contribution >= 0.6 is 23.2 Å². The molecule has 22 heavy (non-hydrogen) atoms. The third-order valence-electron chi connectivity index (χ3n) is 3.09. The highest BCUT2D eigenvalue weighted by Gasteiger charge is 2.18. The maximum Gasteiger partial charge on any atom is 0.141 e. The van der Waals surface area contributed by atoms with E-state index in [0.29, 0.717) is 15.9 Å². The number of allylic oxidation sites excluding steroid dienone is 1. The normalized spacial score (nSPS) is 11.4. The number of rotatable bonds is 3. The summed E-state index contributed by atoms with van der Waals surface area (Å²) in [5.41, 5.74) is 2.36.